The van der Waals surface area contributed by atoms with Gasteiger partial charge in [-0.2, -0.15) is 9.50 Å². The molecule has 7 heteroatoms. The number of hydrogen-bond acceptors (Lipinski definition) is 5. The normalized spacial score (nSPS) is 12.1. The predicted octanol–water partition coefficient (Wildman–Crippen LogP) is 4.70. The minimum absolute atomic E-state index is 0.197. The second kappa shape index (κ2) is 7.09. The van der Waals surface area contributed by atoms with Crippen LogP contribution < -0.4 is 10.1 Å². The van der Waals surface area contributed by atoms with Crippen molar-refractivity contribution in [2.24, 2.45) is 0 Å². The Morgan fingerprint density at radius 3 is 2.45 bits per heavy atom. The zero-order valence-electron chi connectivity index (χ0n) is 15.3. The van der Waals surface area contributed by atoms with Crippen molar-refractivity contribution in [2.45, 2.75) is 6.92 Å². The average molecular weight is 464 g/mol. The summed E-state index contributed by atoms with van der Waals surface area (Å²) in [6.45, 7) is 2.03. The van der Waals surface area contributed by atoms with Gasteiger partial charge in [0.15, 0.2) is 5.82 Å². The molecule has 29 heavy (non-hydrogen) atoms. The molecular weight excluding hydrogens is 450 g/mol. The fraction of sp³-hybridized carbons (Fsp3) is 0.0455. The Balaban J connectivity index is 1.51. The van der Waals surface area contributed by atoms with Gasteiger partial charge >= 0.3 is 0 Å². The van der Waals surface area contributed by atoms with Crippen LogP contribution in [0.5, 0.6) is 0 Å². The molecule has 0 N–H and O–H groups in total. The largest absolute Gasteiger partial charge is 0.457 e. The zero-order valence-corrected chi connectivity index (χ0v) is 17.7. The summed E-state index contributed by atoms with van der Waals surface area (Å²) in [5.41, 5.74) is 2.83. The smallest absolute Gasteiger partial charge is 0.291 e. The molecule has 0 aliphatic carbocycles. The van der Waals surface area contributed by atoms with Crippen LogP contribution in [0, 0.1) is 6.92 Å². The van der Waals surface area contributed by atoms with Crippen molar-refractivity contribution >= 4 is 38.3 Å². The van der Waals surface area contributed by atoms with Crippen molar-refractivity contribution in [1.82, 2.24) is 14.6 Å². The van der Waals surface area contributed by atoms with Gasteiger partial charge in [0.25, 0.3) is 5.56 Å². The van der Waals surface area contributed by atoms with Crippen LogP contribution in [-0.4, -0.2) is 14.6 Å². The molecule has 142 valence electrons. The second-order valence-corrected chi connectivity index (χ2v) is 8.55. The minimum Gasteiger partial charge on any atom is -0.457 e. The number of fused-ring (bicyclic) bond motifs is 1. The first kappa shape index (κ1) is 18.0. The van der Waals surface area contributed by atoms with E-state index in [4.69, 9.17) is 4.42 Å². The van der Waals surface area contributed by atoms with Crippen LogP contribution in [0.1, 0.15) is 11.3 Å². The molecule has 0 atom stereocenters. The topological polar surface area (TPSA) is 60.4 Å². The second-order valence-electron chi connectivity index (χ2n) is 6.62. The lowest BCUT2D eigenvalue weighted by molar-refractivity contribution is 0.571. The Hall–Kier alpha value is -3.03. The van der Waals surface area contributed by atoms with Gasteiger partial charge in [0.05, 0.1) is 0 Å². The molecule has 0 unspecified atom stereocenters. The molecule has 5 rings (SSSR count). The molecule has 3 aromatic heterocycles. The summed E-state index contributed by atoms with van der Waals surface area (Å²) in [6.07, 6.45) is 1.73. The van der Waals surface area contributed by atoms with Crippen molar-refractivity contribution in [3.05, 3.63) is 91.3 Å². The van der Waals surface area contributed by atoms with Gasteiger partial charge in [0, 0.05) is 21.7 Å². The van der Waals surface area contributed by atoms with Crippen LogP contribution in [0.25, 0.3) is 33.7 Å². The van der Waals surface area contributed by atoms with Crippen LogP contribution in [0.4, 0.5) is 0 Å². The first-order valence-corrected chi connectivity index (χ1v) is 10.5. The Morgan fingerprint density at radius 2 is 1.72 bits per heavy atom. The van der Waals surface area contributed by atoms with Gasteiger partial charge in [0.2, 0.25) is 4.96 Å². The van der Waals surface area contributed by atoms with Crippen molar-refractivity contribution in [1.29, 1.82) is 0 Å². The molecule has 2 aromatic carbocycles. The van der Waals surface area contributed by atoms with Crippen LogP contribution in [0.3, 0.4) is 0 Å². The highest BCUT2D eigenvalue weighted by Gasteiger charge is 2.12. The highest BCUT2D eigenvalue weighted by molar-refractivity contribution is 9.10. The first-order chi connectivity index (χ1) is 14.1. The summed E-state index contributed by atoms with van der Waals surface area (Å²) in [4.78, 5) is 17.8. The molecule has 0 radical (unpaired) electrons. The monoisotopic (exact) mass is 463 g/mol. The van der Waals surface area contributed by atoms with Crippen LogP contribution in [-0.2, 0) is 0 Å². The quantitative estimate of drug-likeness (QED) is 0.389. The molecule has 0 fully saturated rings. The third-order valence-electron chi connectivity index (χ3n) is 4.52. The maximum Gasteiger partial charge on any atom is 0.291 e. The van der Waals surface area contributed by atoms with E-state index in [0.29, 0.717) is 21.1 Å². The molecule has 0 amide bonds. The van der Waals surface area contributed by atoms with Crippen LogP contribution >= 0.6 is 27.3 Å². The summed E-state index contributed by atoms with van der Waals surface area (Å²) in [6, 6.07) is 19.5. The number of halogens is 1. The first-order valence-electron chi connectivity index (χ1n) is 8.91. The highest BCUT2D eigenvalue weighted by atomic mass is 79.9. The molecule has 3 heterocycles. The number of furan rings is 1. The van der Waals surface area contributed by atoms with E-state index >= 15 is 0 Å². The van der Waals surface area contributed by atoms with E-state index in [1.165, 1.54) is 15.9 Å². The molecular formula is C22H14BrN3O2S. The summed E-state index contributed by atoms with van der Waals surface area (Å²) < 4.78 is 8.79. The van der Waals surface area contributed by atoms with Gasteiger partial charge in [-0.15, -0.1) is 5.10 Å². The standard InChI is InChI=1S/C22H14BrN3O2S/c1-13-2-4-15(5-3-13)20-24-22-26(25-20)21(27)19(29-22)12-17-10-11-18(28-17)14-6-8-16(23)9-7-14/h2-12H,1H3. The number of nitrogens with zero attached hydrogens (tertiary/aromatic N) is 3. The van der Waals surface area contributed by atoms with Gasteiger partial charge in [-0.3, -0.25) is 4.79 Å². The summed E-state index contributed by atoms with van der Waals surface area (Å²) in [7, 11) is 0. The van der Waals surface area contributed by atoms with Gasteiger partial charge < -0.3 is 4.42 Å². The summed E-state index contributed by atoms with van der Waals surface area (Å²) in [5.74, 6) is 1.91. The molecule has 0 saturated heterocycles. The maximum atomic E-state index is 12.7. The molecule has 0 bridgehead atoms. The van der Waals surface area contributed by atoms with Crippen molar-refractivity contribution in [3.63, 3.8) is 0 Å². The molecule has 5 aromatic rings. The fourth-order valence-electron chi connectivity index (χ4n) is 2.99. The maximum absolute atomic E-state index is 12.7. The number of aryl methyl sites for hydroxylation is 1. The lowest BCUT2D eigenvalue weighted by atomic mass is 10.1. The number of hydrogen-bond donors (Lipinski definition) is 0. The summed E-state index contributed by atoms with van der Waals surface area (Å²) in [5, 5.41) is 4.38. The third-order valence-corrected chi connectivity index (χ3v) is 6.01. The van der Waals surface area contributed by atoms with Crippen molar-refractivity contribution in [2.75, 3.05) is 0 Å². The van der Waals surface area contributed by atoms with E-state index in [-0.39, 0.29) is 5.56 Å². The van der Waals surface area contributed by atoms with Gasteiger partial charge in [-0.25, -0.2) is 0 Å². The number of aromatic nitrogens is 3. The van der Waals surface area contributed by atoms with Crippen molar-refractivity contribution in [3.8, 4) is 22.7 Å². The fourth-order valence-corrected chi connectivity index (χ4v) is 4.14. The Labute approximate surface area is 178 Å². The highest BCUT2D eigenvalue weighted by Crippen LogP contribution is 2.24. The van der Waals surface area contributed by atoms with Gasteiger partial charge in [-0.1, -0.05) is 69.2 Å². The Bertz CT molecular complexity index is 1430. The average Bonchev–Trinajstić information content (AvgIpc) is 3.41. The predicted molar refractivity (Wildman–Crippen MR) is 118 cm³/mol. The van der Waals surface area contributed by atoms with Gasteiger partial charge in [-0.05, 0) is 31.2 Å². The zero-order chi connectivity index (χ0) is 20.0. The van der Waals surface area contributed by atoms with E-state index in [2.05, 4.69) is 26.0 Å². The number of rotatable bonds is 3. The van der Waals surface area contributed by atoms with E-state index in [9.17, 15) is 4.79 Å². The molecule has 0 spiro atoms. The van der Waals surface area contributed by atoms with E-state index < -0.39 is 0 Å². The molecule has 0 aliphatic rings. The number of benzene rings is 2. The van der Waals surface area contributed by atoms with Crippen LogP contribution in [0.2, 0.25) is 0 Å². The third kappa shape index (κ3) is 3.43. The Kier molecular flexibility index (Phi) is 4.41. The molecule has 0 saturated carbocycles. The lowest BCUT2D eigenvalue weighted by Crippen LogP contribution is -2.23. The van der Waals surface area contributed by atoms with Gasteiger partial charge in [0.1, 0.15) is 16.1 Å². The number of thiazole rings is 1. The summed E-state index contributed by atoms with van der Waals surface area (Å²) >= 11 is 4.73. The molecule has 5 nitrogen and oxygen atoms in total. The van der Waals surface area contributed by atoms with E-state index in [1.54, 1.807) is 6.08 Å². The van der Waals surface area contributed by atoms with Crippen molar-refractivity contribution < 1.29 is 4.42 Å². The van der Waals surface area contributed by atoms with Crippen LogP contribution in [0.15, 0.2) is 74.3 Å². The SMILES string of the molecule is Cc1ccc(-c2nc3sc(=Cc4ccc(-c5ccc(Br)cc5)o4)c(=O)n3n2)cc1. The van der Waals surface area contributed by atoms with E-state index in [0.717, 1.165) is 26.9 Å². The van der Waals surface area contributed by atoms with E-state index in [1.807, 2.05) is 67.6 Å². The molecule has 0 aliphatic heterocycles. The lowest BCUT2D eigenvalue weighted by Gasteiger charge is -1.96. The minimum atomic E-state index is -0.197. The Morgan fingerprint density at radius 1 is 1.00 bits per heavy atom.